The number of unbranched alkanes of at least 4 members (excludes halogenated alkanes) is 5. The number of quaternary nitrogens is 1. The molecule has 0 rings (SSSR count). The van der Waals surface area contributed by atoms with Crippen molar-refractivity contribution in [3.05, 3.63) is 36.5 Å². The molecule has 2 atom stereocenters. The number of hydrogen-bond donors (Lipinski definition) is 2. The summed E-state index contributed by atoms with van der Waals surface area (Å²) in [7, 11) is 5.74. The molecule has 0 saturated carbocycles. The molecule has 0 aromatic carbocycles. The molecule has 0 aliphatic carbocycles. The van der Waals surface area contributed by atoms with Crippen molar-refractivity contribution in [1.29, 1.82) is 0 Å². The zero-order chi connectivity index (χ0) is 25.0. The van der Waals surface area contributed by atoms with Gasteiger partial charge in [0.25, 0.3) is 0 Å². The summed E-state index contributed by atoms with van der Waals surface area (Å²) >= 11 is 0. The summed E-state index contributed by atoms with van der Waals surface area (Å²) < 4.78 is 5.81. The molecule has 0 aliphatic rings. The Bertz CT molecular complexity index is 604. The number of aliphatic carboxylic acids is 1. The van der Waals surface area contributed by atoms with Crippen LogP contribution in [0.5, 0.6) is 0 Å². The van der Waals surface area contributed by atoms with E-state index in [-0.39, 0.29) is 12.8 Å². The van der Waals surface area contributed by atoms with Crippen LogP contribution in [0.15, 0.2) is 36.5 Å². The van der Waals surface area contributed by atoms with E-state index < -0.39 is 24.1 Å². The maximum absolute atomic E-state index is 12.1. The first-order valence-corrected chi connectivity index (χ1v) is 12.5. The quantitative estimate of drug-likeness (QED) is 0.108. The van der Waals surface area contributed by atoms with Crippen molar-refractivity contribution in [2.45, 2.75) is 96.2 Å². The molecular formula is C27H48NO5+. The Morgan fingerprint density at radius 1 is 0.848 bits per heavy atom. The standard InChI is InChI=1S/C27H47NO5/c1-5-6-7-8-9-10-11-12-13-14-15-16-17-18-19-20-24(29)21-27(32)33-25(22-26(30)31)23-28(2,3)4/h9-10,12-13,15-16,24-25,29H,5-8,11,14,17-23H2,1-4H3/p+1/b10-9+,13-12+,16-15+. The number of rotatable bonds is 20. The second-order valence-electron chi connectivity index (χ2n) is 9.71. The summed E-state index contributed by atoms with van der Waals surface area (Å²) in [5, 5.41) is 19.1. The van der Waals surface area contributed by atoms with E-state index in [1.165, 1.54) is 25.7 Å². The maximum Gasteiger partial charge on any atom is 0.308 e. The monoisotopic (exact) mass is 466 g/mol. The van der Waals surface area contributed by atoms with E-state index in [2.05, 4.69) is 43.4 Å². The van der Waals surface area contributed by atoms with Gasteiger partial charge in [0.1, 0.15) is 6.54 Å². The number of hydrogen-bond acceptors (Lipinski definition) is 4. The number of carbonyl (C=O) groups excluding carboxylic acids is 1. The fourth-order valence-corrected chi connectivity index (χ4v) is 3.41. The third kappa shape index (κ3) is 23.0. The van der Waals surface area contributed by atoms with Crippen LogP contribution in [0, 0.1) is 0 Å². The van der Waals surface area contributed by atoms with Gasteiger partial charge in [-0.05, 0) is 44.9 Å². The van der Waals surface area contributed by atoms with Gasteiger partial charge in [0.15, 0.2) is 6.10 Å². The first kappa shape index (κ1) is 31.1. The van der Waals surface area contributed by atoms with Gasteiger partial charge >= 0.3 is 11.9 Å². The van der Waals surface area contributed by atoms with Crippen LogP contribution >= 0.6 is 0 Å². The van der Waals surface area contributed by atoms with Crippen LogP contribution in [-0.2, 0) is 14.3 Å². The average molecular weight is 467 g/mol. The number of likely N-dealkylation sites (N-methyl/N-ethyl adjacent to an activating group) is 1. The Morgan fingerprint density at radius 2 is 1.39 bits per heavy atom. The fourth-order valence-electron chi connectivity index (χ4n) is 3.41. The largest absolute Gasteiger partial charge is 0.481 e. The lowest BCUT2D eigenvalue weighted by Gasteiger charge is -2.28. The molecule has 2 unspecified atom stereocenters. The molecule has 6 nitrogen and oxygen atoms in total. The summed E-state index contributed by atoms with van der Waals surface area (Å²) in [5.41, 5.74) is 0. The highest BCUT2D eigenvalue weighted by molar-refractivity contribution is 5.71. The van der Waals surface area contributed by atoms with Crippen molar-refractivity contribution in [3.8, 4) is 0 Å². The lowest BCUT2D eigenvalue weighted by Crippen LogP contribution is -2.44. The van der Waals surface area contributed by atoms with E-state index in [1.54, 1.807) is 0 Å². The Kier molecular flexibility index (Phi) is 18.4. The van der Waals surface area contributed by atoms with Crippen LogP contribution < -0.4 is 0 Å². The fraction of sp³-hybridized carbons (Fsp3) is 0.704. The normalized spacial score (nSPS) is 14.3. The molecule has 0 aromatic heterocycles. The van der Waals surface area contributed by atoms with E-state index in [9.17, 15) is 14.7 Å². The molecule has 0 saturated heterocycles. The molecule has 190 valence electrons. The minimum Gasteiger partial charge on any atom is -0.481 e. The number of aliphatic hydroxyl groups excluding tert-OH is 1. The van der Waals surface area contributed by atoms with Crippen LogP contribution in [0.2, 0.25) is 0 Å². The maximum atomic E-state index is 12.1. The topological polar surface area (TPSA) is 83.8 Å². The zero-order valence-electron chi connectivity index (χ0n) is 21.4. The van der Waals surface area contributed by atoms with Crippen molar-refractivity contribution < 1.29 is 29.0 Å². The third-order valence-corrected chi connectivity index (χ3v) is 5.03. The third-order valence-electron chi connectivity index (χ3n) is 5.03. The summed E-state index contributed by atoms with van der Waals surface area (Å²) in [4.78, 5) is 23.1. The number of carbonyl (C=O) groups is 2. The van der Waals surface area contributed by atoms with E-state index in [0.29, 0.717) is 17.4 Å². The zero-order valence-corrected chi connectivity index (χ0v) is 21.4. The Hall–Kier alpha value is -1.92. The molecule has 33 heavy (non-hydrogen) atoms. The average Bonchev–Trinajstić information content (AvgIpc) is 2.68. The minimum atomic E-state index is -1.00. The predicted octanol–water partition coefficient (Wildman–Crippen LogP) is 5.42. The van der Waals surface area contributed by atoms with Gasteiger partial charge in [-0.3, -0.25) is 9.59 Å². The van der Waals surface area contributed by atoms with Crippen molar-refractivity contribution in [2.24, 2.45) is 0 Å². The SMILES string of the molecule is CCCCC/C=C/C/C=C/C/C=C/CCCCC(O)CC(=O)OC(CC(=O)O)C[N+](C)(C)C. The van der Waals surface area contributed by atoms with Gasteiger partial charge in [0.2, 0.25) is 0 Å². The Balaban J connectivity index is 3.91. The van der Waals surface area contributed by atoms with Gasteiger partial charge in [-0.25, -0.2) is 0 Å². The highest BCUT2D eigenvalue weighted by atomic mass is 16.5. The predicted molar refractivity (Wildman–Crippen MR) is 135 cm³/mol. The first-order chi connectivity index (χ1) is 15.6. The van der Waals surface area contributed by atoms with Crippen molar-refractivity contribution >= 4 is 11.9 Å². The highest BCUT2D eigenvalue weighted by Crippen LogP contribution is 2.11. The summed E-state index contributed by atoms with van der Waals surface area (Å²) in [5.74, 6) is -1.54. The van der Waals surface area contributed by atoms with Gasteiger partial charge in [0, 0.05) is 0 Å². The molecule has 0 spiro atoms. The number of allylic oxidation sites excluding steroid dienone is 6. The van der Waals surface area contributed by atoms with Crippen molar-refractivity contribution in [1.82, 2.24) is 0 Å². The van der Waals surface area contributed by atoms with Gasteiger partial charge in [-0.1, -0.05) is 62.6 Å². The summed E-state index contributed by atoms with van der Waals surface area (Å²) in [6.07, 6.45) is 21.6. The molecule has 6 heteroatoms. The molecule has 0 amide bonds. The molecule has 0 aromatic rings. The van der Waals surface area contributed by atoms with Crippen LogP contribution in [0.1, 0.15) is 84.0 Å². The van der Waals surface area contributed by atoms with Crippen molar-refractivity contribution in [3.63, 3.8) is 0 Å². The lowest BCUT2D eigenvalue weighted by molar-refractivity contribution is -0.873. The molecule has 0 aliphatic heterocycles. The van der Waals surface area contributed by atoms with Crippen LogP contribution in [0.4, 0.5) is 0 Å². The number of esters is 1. The number of carboxylic acid groups (broad SMARTS) is 1. The molecule has 2 N–H and O–H groups in total. The number of carboxylic acids is 1. The second kappa shape index (κ2) is 19.5. The minimum absolute atomic E-state index is 0.0963. The Labute approximate surface area is 201 Å². The smallest absolute Gasteiger partial charge is 0.308 e. The molecule has 0 bridgehead atoms. The van der Waals surface area contributed by atoms with Gasteiger partial charge < -0.3 is 19.4 Å². The van der Waals surface area contributed by atoms with Gasteiger partial charge in [0.05, 0.1) is 40.1 Å². The van der Waals surface area contributed by atoms with Gasteiger partial charge in [-0.2, -0.15) is 0 Å². The van der Waals surface area contributed by atoms with E-state index in [0.717, 1.165) is 32.1 Å². The van der Waals surface area contributed by atoms with Crippen LogP contribution in [-0.4, -0.2) is 66.5 Å². The Morgan fingerprint density at radius 3 is 1.91 bits per heavy atom. The molecule has 0 fully saturated rings. The number of nitrogens with zero attached hydrogens (tertiary/aromatic N) is 1. The lowest BCUT2D eigenvalue weighted by atomic mass is 10.1. The van der Waals surface area contributed by atoms with Crippen LogP contribution in [0.25, 0.3) is 0 Å². The molecular weight excluding hydrogens is 418 g/mol. The van der Waals surface area contributed by atoms with E-state index >= 15 is 0 Å². The summed E-state index contributed by atoms with van der Waals surface area (Å²) in [6, 6.07) is 0. The second-order valence-corrected chi connectivity index (χ2v) is 9.71. The first-order valence-electron chi connectivity index (χ1n) is 12.5. The van der Waals surface area contributed by atoms with Crippen LogP contribution in [0.3, 0.4) is 0 Å². The molecule has 0 radical (unpaired) electrons. The number of ether oxygens (including phenoxy) is 1. The summed E-state index contributed by atoms with van der Waals surface area (Å²) in [6.45, 7) is 2.63. The highest BCUT2D eigenvalue weighted by Gasteiger charge is 2.25. The van der Waals surface area contributed by atoms with E-state index in [1.807, 2.05) is 21.1 Å². The van der Waals surface area contributed by atoms with Crippen molar-refractivity contribution in [2.75, 3.05) is 27.7 Å². The van der Waals surface area contributed by atoms with E-state index in [4.69, 9.17) is 9.84 Å². The number of aliphatic hydroxyl groups is 1. The van der Waals surface area contributed by atoms with Gasteiger partial charge in [-0.15, -0.1) is 0 Å². The molecule has 0 heterocycles.